The summed E-state index contributed by atoms with van der Waals surface area (Å²) in [5, 5.41) is 0. The van der Waals surface area contributed by atoms with Crippen LogP contribution in [0.1, 0.15) is 23.3 Å². The molecule has 0 spiro atoms. The fourth-order valence-electron chi connectivity index (χ4n) is 2.91. The van der Waals surface area contributed by atoms with Gasteiger partial charge in [-0.3, -0.25) is 9.78 Å². The van der Waals surface area contributed by atoms with Gasteiger partial charge in [0.25, 0.3) is 5.91 Å². The lowest BCUT2D eigenvalue weighted by molar-refractivity contribution is 0.0981. The van der Waals surface area contributed by atoms with Crippen molar-refractivity contribution < 1.29 is 4.79 Å². The molecule has 2 aromatic rings. The number of anilines is 2. The van der Waals surface area contributed by atoms with Crippen LogP contribution in [0.5, 0.6) is 0 Å². The van der Waals surface area contributed by atoms with Crippen LogP contribution in [0.15, 0.2) is 42.9 Å². The molecule has 0 bridgehead atoms. The highest BCUT2D eigenvalue weighted by atomic mass is 16.2. The molecule has 0 N–H and O–H groups in total. The average molecular weight is 280 g/mol. The summed E-state index contributed by atoms with van der Waals surface area (Å²) in [6, 6.07) is 8.78. The van der Waals surface area contributed by atoms with Crippen molar-refractivity contribution in [3.05, 3.63) is 48.5 Å². The smallest absolute Gasteiger partial charge is 0.278 e. The fraction of sp³-hybridized carbons (Fsp3) is 0.312. The third kappa shape index (κ3) is 2.14. The molecule has 1 aromatic heterocycles. The van der Waals surface area contributed by atoms with E-state index in [4.69, 9.17) is 0 Å². The van der Waals surface area contributed by atoms with Crippen molar-refractivity contribution >= 4 is 17.3 Å². The summed E-state index contributed by atoms with van der Waals surface area (Å²) in [4.78, 5) is 25.0. The monoisotopic (exact) mass is 280 g/mol. The Morgan fingerprint density at radius 2 is 1.90 bits per heavy atom. The van der Waals surface area contributed by atoms with Crippen LogP contribution in [0.2, 0.25) is 0 Å². The second-order valence-corrected chi connectivity index (χ2v) is 5.46. The first-order chi connectivity index (χ1) is 10.3. The van der Waals surface area contributed by atoms with Gasteiger partial charge in [-0.15, -0.1) is 0 Å². The minimum absolute atomic E-state index is 0.0778. The van der Waals surface area contributed by atoms with E-state index in [1.807, 2.05) is 23.1 Å². The van der Waals surface area contributed by atoms with E-state index in [0.29, 0.717) is 18.3 Å². The van der Waals surface area contributed by atoms with Crippen LogP contribution in [0.4, 0.5) is 11.4 Å². The predicted molar refractivity (Wildman–Crippen MR) is 80.5 cm³/mol. The van der Waals surface area contributed by atoms with Crippen molar-refractivity contribution in [1.82, 2.24) is 9.97 Å². The number of nitrogens with zero attached hydrogens (tertiary/aromatic N) is 4. The molecule has 106 valence electrons. The summed E-state index contributed by atoms with van der Waals surface area (Å²) in [6.45, 7) is 1.58. The fourth-order valence-corrected chi connectivity index (χ4v) is 2.91. The number of carbonyl (C=O) groups is 1. The van der Waals surface area contributed by atoms with Gasteiger partial charge < -0.3 is 9.80 Å². The van der Waals surface area contributed by atoms with Gasteiger partial charge in [-0.1, -0.05) is 12.1 Å². The van der Waals surface area contributed by atoms with E-state index in [9.17, 15) is 4.79 Å². The number of para-hydroxylation sites is 2. The number of fused-ring (bicyclic) bond motifs is 1. The third-order valence-electron chi connectivity index (χ3n) is 4.06. The molecule has 5 nitrogen and oxygen atoms in total. The molecule has 0 radical (unpaired) electrons. The standard InChI is InChI=1S/C16H16N4O/c21-16(13-11-17-7-8-18-13)20-10-9-19(12-5-6-12)14-3-1-2-4-15(14)20/h1-4,7-8,11-12H,5-6,9-10H2. The Hall–Kier alpha value is -2.43. The second kappa shape index (κ2) is 4.84. The molecular formula is C16H16N4O. The lowest BCUT2D eigenvalue weighted by Gasteiger charge is -2.37. The zero-order valence-corrected chi connectivity index (χ0v) is 11.6. The van der Waals surface area contributed by atoms with Gasteiger partial charge in [0.2, 0.25) is 0 Å². The van der Waals surface area contributed by atoms with Gasteiger partial charge in [0.1, 0.15) is 5.69 Å². The second-order valence-electron chi connectivity index (χ2n) is 5.46. The summed E-state index contributed by atoms with van der Waals surface area (Å²) >= 11 is 0. The van der Waals surface area contributed by atoms with Gasteiger partial charge in [0.15, 0.2) is 0 Å². The molecule has 0 unspecified atom stereocenters. The Morgan fingerprint density at radius 3 is 2.62 bits per heavy atom. The highest BCUT2D eigenvalue weighted by Crippen LogP contribution is 2.40. The van der Waals surface area contributed by atoms with E-state index in [1.165, 1.54) is 19.0 Å². The van der Waals surface area contributed by atoms with Gasteiger partial charge in [-0.05, 0) is 25.0 Å². The first kappa shape index (κ1) is 12.3. The van der Waals surface area contributed by atoms with E-state index in [2.05, 4.69) is 20.9 Å². The maximum atomic E-state index is 12.7. The number of amides is 1. The number of aromatic nitrogens is 2. The quantitative estimate of drug-likeness (QED) is 0.845. The van der Waals surface area contributed by atoms with E-state index >= 15 is 0 Å². The molecule has 1 fully saturated rings. The van der Waals surface area contributed by atoms with Crippen molar-refractivity contribution in [2.45, 2.75) is 18.9 Å². The van der Waals surface area contributed by atoms with Crippen LogP contribution in [0.3, 0.4) is 0 Å². The maximum absolute atomic E-state index is 12.7. The molecule has 0 atom stereocenters. The van der Waals surface area contributed by atoms with Crippen molar-refractivity contribution in [3.8, 4) is 0 Å². The topological polar surface area (TPSA) is 49.3 Å². The molecule has 2 aliphatic rings. The summed E-state index contributed by atoms with van der Waals surface area (Å²) in [5.41, 5.74) is 2.53. The molecule has 1 aliphatic carbocycles. The normalized spacial score (nSPS) is 17.5. The van der Waals surface area contributed by atoms with Gasteiger partial charge in [-0.25, -0.2) is 4.98 Å². The minimum atomic E-state index is -0.0778. The van der Waals surface area contributed by atoms with Gasteiger partial charge in [0, 0.05) is 31.5 Å². The van der Waals surface area contributed by atoms with E-state index in [1.54, 1.807) is 12.4 Å². The molecule has 1 aromatic carbocycles. The Kier molecular flexibility index (Phi) is 2.84. The van der Waals surface area contributed by atoms with Gasteiger partial charge in [0.05, 0.1) is 17.6 Å². The molecule has 1 aliphatic heterocycles. The molecule has 21 heavy (non-hydrogen) atoms. The predicted octanol–water partition coefficient (Wildman–Crippen LogP) is 2.11. The zero-order valence-electron chi connectivity index (χ0n) is 11.6. The summed E-state index contributed by atoms with van der Waals surface area (Å²) in [5.74, 6) is -0.0778. The molecule has 4 rings (SSSR count). The first-order valence-electron chi connectivity index (χ1n) is 7.28. The molecule has 1 saturated carbocycles. The summed E-state index contributed by atoms with van der Waals surface area (Å²) in [6.07, 6.45) is 7.17. The lowest BCUT2D eigenvalue weighted by atomic mass is 10.1. The number of hydrogen-bond donors (Lipinski definition) is 0. The number of carbonyl (C=O) groups excluding carboxylic acids is 1. The number of hydrogen-bond acceptors (Lipinski definition) is 4. The molecule has 0 saturated heterocycles. The Balaban J connectivity index is 1.71. The highest BCUT2D eigenvalue weighted by Gasteiger charge is 2.35. The Bertz CT molecular complexity index is 669. The Morgan fingerprint density at radius 1 is 1.10 bits per heavy atom. The van der Waals surface area contributed by atoms with Crippen LogP contribution in [-0.2, 0) is 0 Å². The van der Waals surface area contributed by atoms with E-state index < -0.39 is 0 Å². The Labute approximate surface area is 123 Å². The number of benzene rings is 1. The van der Waals surface area contributed by atoms with Crippen molar-refractivity contribution in [2.75, 3.05) is 22.9 Å². The van der Waals surface area contributed by atoms with Crippen LogP contribution in [0, 0.1) is 0 Å². The average Bonchev–Trinajstić information content (AvgIpc) is 3.39. The van der Waals surface area contributed by atoms with E-state index in [-0.39, 0.29) is 5.91 Å². The minimum Gasteiger partial charge on any atom is -0.365 e. The largest absolute Gasteiger partial charge is 0.365 e. The van der Waals surface area contributed by atoms with Crippen LogP contribution in [-0.4, -0.2) is 35.0 Å². The maximum Gasteiger partial charge on any atom is 0.278 e. The highest BCUT2D eigenvalue weighted by molar-refractivity contribution is 6.07. The van der Waals surface area contributed by atoms with Crippen molar-refractivity contribution in [3.63, 3.8) is 0 Å². The SMILES string of the molecule is O=C(c1cnccn1)N1CCN(C2CC2)c2ccccc21. The van der Waals surface area contributed by atoms with Gasteiger partial charge >= 0.3 is 0 Å². The molecule has 5 heteroatoms. The third-order valence-corrected chi connectivity index (χ3v) is 4.06. The zero-order chi connectivity index (χ0) is 14.2. The number of rotatable bonds is 2. The van der Waals surface area contributed by atoms with Crippen LogP contribution < -0.4 is 9.80 Å². The van der Waals surface area contributed by atoms with Crippen molar-refractivity contribution in [2.24, 2.45) is 0 Å². The van der Waals surface area contributed by atoms with Crippen LogP contribution >= 0.6 is 0 Å². The summed E-state index contributed by atoms with van der Waals surface area (Å²) < 4.78 is 0. The molecular weight excluding hydrogens is 264 g/mol. The van der Waals surface area contributed by atoms with Crippen LogP contribution in [0.25, 0.3) is 0 Å². The lowest BCUT2D eigenvalue weighted by Crippen LogP contribution is -2.45. The first-order valence-corrected chi connectivity index (χ1v) is 7.28. The molecule has 1 amide bonds. The van der Waals surface area contributed by atoms with Gasteiger partial charge in [-0.2, -0.15) is 0 Å². The van der Waals surface area contributed by atoms with E-state index in [0.717, 1.165) is 17.9 Å². The molecule has 2 heterocycles. The summed E-state index contributed by atoms with van der Waals surface area (Å²) in [7, 11) is 0. The van der Waals surface area contributed by atoms with Crippen molar-refractivity contribution in [1.29, 1.82) is 0 Å².